The predicted octanol–water partition coefficient (Wildman–Crippen LogP) is 2.39. The van der Waals surface area contributed by atoms with Gasteiger partial charge in [0.2, 0.25) is 0 Å². The van der Waals surface area contributed by atoms with Crippen LogP contribution in [0.3, 0.4) is 0 Å². The molecule has 1 atom stereocenters. The molecule has 1 N–H and O–H groups in total. The van der Waals surface area contributed by atoms with Crippen LogP contribution in [0.25, 0.3) is 10.9 Å². The molecule has 2 rings (SSSR count). The molecule has 3 nitrogen and oxygen atoms in total. The number of nitrogens with one attached hydrogen (secondary N) is 1. The molecule has 0 amide bonds. The molecule has 0 bridgehead atoms. The summed E-state index contributed by atoms with van der Waals surface area (Å²) in [4.78, 5) is 11.7. The van der Waals surface area contributed by atoms with Crippen LogP contribution in [0, 0.1) is 0 Å². The second kappa shape index (κ2) is 5.83. The van der Waals surface area contributed by atoms with Crippen molar-refractivity contribution in [2.24, 2.45) is 0 Å². The van der Waals surface area contributed by atoms with Gasteiger partial charge in [0.1, 0.15) is 0 Å². The number of pyridine rings is 1. The normalized spacial score (nSPS) is 12.8. The minimum absolute atomic E-state index is 0.0942. The third-order valence-corrected chi connectivity index (χ3v) is 3.34. The van der Waals surface area contributed by atoms with Gasteiger partial charge in [0.25, 0.3) is 0 Å². The first kappa shape index (κ1) is 12.8. The summed E-state index contributed by atoms with van der Waals surface area (Å²) in [5.41, 5.74) is 1.10. The summed E-state index contributed by atoms with van der Waals surface area (Å²) in [5.74, 6) is 0. The lowest BCUT2D eigenvalue weighted by atomic mass is 10.2. The molecule has 18 heavy (non-hydrogen) atoms. The fourth-order valence-electron chi connectivity index (χ4n) is 2.03. The van der Waals surface area contributed by atoms with Crippen molar-refractivity contribution >= 4 is 10.9 Å². The van der Waals surface area contributed by atoms with Crippen LogP contribution in [0.4, 0.5) is 0 Å². The minimum Gasteiger partial charge on any atom is -0.346 e. The zero-order chi connectivity index (χ0) is 13.0. The van der Waals surface area contributed by atoms with Gasteiger partial charge in [0, 0.05) is 36.8 Å². The van der Waals surface area contributed by atoms with Gasteiger partial charge in [-0.15, -0.1) is 0 Å². The molecule has 2 aromatic rings. The molecule has 0 saturated carbocycles. The maximum absolute atomic E-state index is 11.7. The predicted molar refractivity (Wildman–Crippen MR) is 76.0 cm³/mol. The van der Waals surface area contributed by atoms with Gasteiger partial charge in [-0.05, 0) is 25.5 Å². The quantitative estimate of drug-likeness (QED) is 0.876. The molecule has 1 aromatic heterocycles. The molecular weight excluding hydrogens is 224 g/mol. The lowest BCUT2D eigenvalue weighted by Gasteiger charge is -2.14. The second-order valence-electron chi connectivity index (χ2n) is 4.65. The highest BCUT2D eigenvalue weighted by molar-refractivity contribution is 5.78. The second-order valence-corrected chi connectivity index (χ2v) is 4.65. The maximum Gasteiger partial charge on any atom is 0.189 e. The third kappa shape index (κ3) is 2.79. The van der Waals surface area contributed by atoms with E-state index < -0.39 is 0 Å². The fourth-order valence-corrected chi connectivity index (χ4v) is 2.03. The molecule has 1 aromatic carbocycles. The van der Waals surface area contributed by atoms with Crippen LogP contribution < -0.4 is 10.7 Å². The van der Waals surface area contributed by atoms with Crippen molar-refractivity contribution < 1.29 is 0 Å². The first-order chi connectivity index (χ1) is 8.72. The molecule has 1 heterocycles. The molecule has 0 fully saturated rings. The number of rotatable bonds is 5. The van der Waals surface area contributed by atoms with Crippen molar-refractivity contribution in [3.63, 3.8) is 0 Å². The summed E-state index contributed by atoms with van der Waals surface area (Å²) < 4.78 is 2.13. The Balaban J connectivity index is 2.19. The number of hydrogen-bond acceptors (Lipinski definition) is 2. The Hall–Kier alpha value is -1.61. The van der Waals surface area contributed by atoms with Crippen LogP contribution in [-0.2, 0) is 6.54 Å². The SMILES string of the molecule is CCC(C)NCCn1ccc(=O)c2ccccc21. The van der Waals surface area contributed by atoms with E-state index in [9.17, 15) is 4.79 Å². The molecule has 1 unspecified atom stereocenters. The number of benzene rings is 1. The van der Waals surface area contributed by atoms with Gasteiger partial charge in [0.15, 0.2) is 5.43 Å². The Kier molecular flexibility index (Phi) is 4.15. The van der Waals surface area contributed by atoms with Crippen molar-refractivity contribution in [3.05, 3.63) is 46.8 Å². The van der Waals surface area contributed by atoms with Gasteiger partial charge in [-0.25, -0.2) is 0 Å². The Morgan fingerprint density at radius 2 is 2.06 bits per heavy atom. The largest absolute Gasteiger partial charge is 0.346 e. The Morgan fingerprint density at radius 1 is 1.28 bits per heavy atom. The molecule has 0 aliphatic heterocycles. The van der Waals surface area contributed by atoms with Crippen LogP contribution in [0.1, 0.15) is 20.3 Å². The first-order valence-corrected chi connectivity index (χ1v) is 6.54. The average Bonchev–Trinajstić information content (AvgIpc) is 2.41. The highest BCUT2D eigenvalue weighted by atomic mass is 16.1. The molecule has 0 spiro atoms. The van der Waals surface area contributed by atoms with E-state index in [0.29, 0.717) is 6.04 Å². The molecular formula is C15H20N2O. The topological polar surface area (TPSA) is 34.0 Å². The van der Waals surface area contributed by atoms with Crippen molar-refractivity contribution in [1.29, 1.82) is 0 Å². The van der Waals surface area contributed by atoms with Crippen LogP contribution >= 0.6 is 0 Å². The van der Waals surface area contributed by atoms with Gasteiger partial charge in [-0.1, -0.05) is 19.1 Å². The summed E-state index contributed by atoms with van der Waals surface area (Å²) in [6.45, 7) is 6.16. The van der Waals surface area contributed by atoms with E-state index in [0.717, 1.165) is 30.4 Å². The van der Waals surface area contributed by atoms with Crippen LogP contribution in [0.5, 0.6) is 0 Å². The lowest BCUT2D eigenvalue weighted by molar-refractivity contribution is 0.508. The van der Waals surface area contributed by atoms with Gasteiger partial charge in [-0.2, -0.15) is 0 Å². The van der Waals surface area contributed by atoms with E-state index in [-0.39, 0.29) is 5.43 Å². The smallest absolute Gasteiger partial charge is 0.189 e. The summed E-state index contributed by atoms with van der Waals surface area (Å²) >= 11 is 0. The maximum atomic E-state index is 11.7. The van der Waals surface area contributed by atoms with E-state index >= 15 is 0 Å². The molecule has 0 saturated heterocycles. The lowest BCUT2D eigenvalue weighted by Crippen LogP contribution is -2.29. The Labute approximate surface area is 107 Å². The number of nitrogens with zero attached hydrogens (tertiary/aromatic N) is 1. The molecule has 0 radical (unpaired) electrons. The van der Waals surface area contributed by atoms with Crippen molar-refractivity contribution in [2.45, 2.75) is 32.9 Å². The molecule has 0 aliphatic rings. The van der Waals surface area contributed by atoms with E-state index in [1.54, 1.807) is 6.07 Å². The van der Waals surface area contributed by atoms with E-state index in [4.69, 9.17) is 0 Å². The zero-order valence-corrected chi connectivity index (χ0v) is 11.0. The van der Waals surface area contributed by atoms with Gasteiger partial charge >= 0.3 is 0 Å². The van der Waals surface area contributed by atoms with E-state index in [1.165, 1.54) is 0 Å². The zero-order valence-electron chi connectivity index (χ0n) is 11.0. The number of aromatic nitrogens is 1. The molecule has 0 aliphatic carbocycles. The fraction of sp³-hybridized carbons (Fsp3) is 0.400. The van der Waals surface area contributed by atoms with Crippen molar-refractivity contribution in [3.8, 4) is 0 Å². The summed E-state index contributed by atoms with van der Waals surface area (Å²) in [5, 5.41) is 4.26. The van der Waals surface area contributed by atoms with Gasteiger partial charge in [0.05, 0.1) is 5.52 Å². The van der Waals surface area contributed by atoms with E-state index in [2.05, 4.69) is 23.7 Å². The van der Waals surface area contributed by atoms with Crippen molar-refractivity contribution in [2.75, 3.05) is 6.54 Å². The van der Waals surface area contributed by atoms with Crippen LogP contribution in [0.2, 0.25) is 0 Å². The Morgan fingerprint density at radius 3 is 2.83 bits per heavy atom. The highest BCUT2D eigenvalue weighted by Crippen LogP contribution is 2.08. The van der Waals surface area contributed by atoms with Gasteiger partial charge in [-0.3, -0.25) is 4.79 Å². The number of fused-ring (bicyclic) bond motifs is 1. The van der Waals surface area contributed by atoms with E-state index in [1.807, 2.05) is 30.5 Å². The van der Waals surface area contributed by atoms with Crippen LogP contribution in [-0.4, -0.2) is 17.2 Å². The van der Waals surface area contributed by atoms with Crippen molar-refractivity contribution in [1.82, 2.24) is 9.88 Å². The molecule has 96 valence electrons. The van der Waals surface area contributed by atoms with Crippen LogP contribution in [0.15, 0.2) is 41.3 Å². The summed E-state index contributed by atoms with van der Waals surface area (Å²) in [6, 6.07) is 9.95. The van der Waals surface area contributed by atoms with Gasteiger partial charge < -0.3 is 9.88 Å². The minimum atomic E-state index is 0.0942. The highest BCUT2D eigenvalue weighted by Gasteiger charge is 2.02. The monoisotopic (exact) mass is 244 g/mol. The summed E-state index contributed by atoms with van der Waals surface area (Å²) in [7, 11) is 0. The summed E-state index contributed by atoms with van der Waals surface area (Å²) in [6.07, 6.45) is 3.01. The molecule has 3 heteroatoms. The Bertz CT molecular complexity index is 574. The number of hydrogen-bond donors (Lipinski definition) is 1. The average molecular weight is 244 g/mol. The third-order valence-electron chi connectivity index (χ3n) is 3.34. The number of para-hydroxylation sites is 1. The standard InChI is InChI=1S/C15H20N2O/c1-3-12(2)16-9-11-17-10-8-15(18)13-6-4-5-7-14(13)17/h4-8,10,12,16H,3,9,11H2,1-2H3. The first-order valence-electron chi connectivity index (χ1n) is 6.54.